The molecule has 1 aromatic heterocycles. The zero-order valence-corrected chi connectivity index (χ0v) is 18.3. The number of carbonyl (C=O) groups excluding carboxylic acids is 2. The van der Waals surface area contributed by atoms with Crippen LogP contribution in [0.4, 0.5) is 5.82 Å². The van der Waals surface area contributed by atoms with Crippen LogP contribution in [0, 0.1) is 5.41 Å². The predicted octanol–water partition coefficient (Wildman–Crippen LogP) is 4.05. The molecule has 7 heteroatoms. The Kier molecular flexibility index (Phi) is 4.77. The van der Waals surface area contributed by atoms with Crippen molar-refractivity contribution in [1.29, 1.82) is 0 Å². The first-order valence-corrected chi connectivity index (χ1v) is 10.7. The van der Waals surface area contributed by atoms with Crippen molar-refractivity contribution in [2.24, 2.45) is 5.41 Å². The molecule has 0 saturated carbocycles. The number of benzene rings is 1. The van der Waals surface area contributed by atoms with Gasteiger partial charge in [-0.15, -0.1) is 0 Å². The molecular weight excluding hydrogens is 406 g/mol. The van der Waals surface area contributed by atoms with Gasteiger partial charge in [0.2, 0.25) is 6.79 Å². The van der Waals surface area contributed by atoms with Gasteiger partial charge in [0.1, 0.15) is 5.82 Å². The van der Waals surface area contributed by atoms with Crippen LogP contribution in [-0.2, 0) is 9.59 Å². The number of fused-ring (bicyclic) bond motifs is 1. The maximum absolute atomic E-state index is 13.5. The summed E-state index contributed by atoms with van der Waals surface area (Å²) in [5, 5.41) is 6.26. The summed E-state index contributed by atoms with van der Waals surface area (Å²) in [7, 11) is 0. The lowest BCUT2D eigenvalue weighted by Crippen LogP contribution is -2.39. The van der Waals surface area contributed by atoms with Crippen molar-refractivity contribution < 1.29 is 19.1 Å². The van der Waals surface area contributed by atoms with E-state index in [2.05, 4.69) is 29.5 Å². The van der Waals surface area contributed by atoms with E-state index in [1.807, 2.05) is 31.2 Å². The number of pyridine rings is 1. The van der Waals surface area contributed by atoms with Crippen molar-refractivity contribution in [2.45, 2.75) is 39.5 Å². The van der Waals surface area contributed by atoms with Crippen LogP contribution in [0.15, 0.2) is 65.1 Å². The van der Waals surface area contributed by atoms with Gasteiger partial charge in [-0.25, -0.2) is 4.98 Å². The summed E-state index contributed by atoms with van der Waals surface area (Å²) >= 11 is 0. The first kappa shape index (κ1) is 20.3. The summed E-state index contributed by atoms with van der Waals surface area (Å²) in [6.07, 6.45) is 2.79. The molecule has 0 fully saturated rings. The number of nitrogens with zero attached hydrogens (tertiary/aromatic N) is 1. The number of nitrogens with one attached hydrogen (secondary N) is 2. The van der Waals surface area contributed by atoms with E-state index in [0.29, 0.717) is 34.9 Å². The zero-order chi connectivity index (χ0) is 22.5. The van der Waals surface area contributed by atoms with Gasteiger partial charge >= 0.3 is 0 Å². The van der Waals surface area contributed by atoms with Gasteiger partial charge in [0, 0.05) is 41.1 Å². The third-order valence-corrected chi connectivity index (χ3v) is 6.12. The molecule has 2 aromatic rings. The lowest BCUT2D eigenvalue weighted by atomic mass is 9.68. The highest BCUT2D eigenvalue weighted by Crippen LogP contribution is 2.48. The molecule has 2 N–H and O–H groups in total. The molecule has 1 amide bonds. The second kappa shape index (κ2) is 7.51. The maximum Gasteiger partial charge on any atom is 0.255 e. The van der Waals surface area contributed by atoms with Crippen molar-refractivity contribution in [1.82, 2.24) is 10.3 Å². The lowest BCUT2D eigenvalue weighted by molar-refractivity contribution is -0.118. The number of allylic oxidation sites excluding steroid dienone is 3. The molecule has 3 heterocycles. The largest absolute Gasteiger partial charge is 0.454 e. The van der Waals surface area contributed by atoms with Crippen LogP contribution in [0.5, 0.6) is 11.5 Å². The number of hydrogen-bond donors (Lipinski definition) is 2. The van der Waals surface area contributed by atoms with E-state index in [-0.39, 0.29) is 23.9 Å². The van der Waals surface area contributed by atoms with Crippen molar-refractivity contribution >= 4 is 17.5 Å². The van der Waals surface area contributed by atoms with Crippen molar-refractivity contribution in [3.63, 3.8) is 0 Å². The third kappa shape index (κ3) is 3.53. The maximum atomic E-state index is 13.5. The van der Waals surface area contributed by atoms with Crippen LogP contribution in [0.25, 0.3) is 0 Å². The van der Waals surface area contributed by atoms with Crippen molar-refractivity contribution in [3.8, 4) is 11.5 Å². The third-order valence-electron chi connectivity index (χ3n) is 6.12. The Hall–Kier alpha value is -3.61. The zero-order valence-electron chi connectivity index (χ0n) is 18.3. The molecule has 1 aromatic carbocycles. The van der Waals surface area contributed by atoms with Crippen LogP contribution in [0.2, 0.25) is 0 Å². The molecular formula is C25H25N3O4. The number of Topliss-reactive ketones (excluding diaryl/α,β-unsaturated/α-hetero) is 1. The fourth-order valence-electron chi connectivity index (χ4n) is 4.78. The molecule has 2 aliphatic heterocycles. The van der Waals surface area contributed by atoms with E-state index >= 15 is 0 Å². The fraction of sp³-hybridized carbons (Fsp3) is 0.320. The van der Waals surface area contributed by atoms with Crippen LogP contribution in [-0.4, -0.2) is 23.5 Å². The summed E-state index contributed by atoms with van der Waals surface area (Å²) in [5.41, 5.74) is 3.45. The molecule has 7 nitrogen and oxygen atoms in total. The van der Waals surface area contributed by atoms with Crippen LogP contribution < -0.4 is 20.1 Å². The molecule has 1 aliphatic carbocycles. The normalized spacial score (nSPS) is 21.2. The second-order valence-corrected chi connectivity index (χ2v) is 9.21. The molecule has 32 heavy (non-hydrogen) atoms. The van der Waals surface area contributed by atoms with E-state index in [4.69, 9.17) is 9.47 Å². The minimum Gasteiger partial charge on any atom is -0.454 e. The minimum absolute atomic E-state index is 0.0575. The van der Waals surface area contributed by atoms with Gasteiger partial charge in [0.25, 0.3) is 5.91 Å². The SMILES string of the molecule is CC1=C(C(=O)Nc2ccccn2)[C@@H](c2ccc3c(c2)OCO3)C2=C(CC(C)(C)CC2=O)N1. The summed E-state index contributed by atoms with van der Waals surface area (Å²) in [5.74, 6) is 0.996. The van der Waals surface area contributed by atoms with E-state index < -0.39 is 5.92 Å². The van der Waals surface area contributed by atoms with Crippen molar-refractivity contribution in [2.75, 3.05) is 12.1 Å². The van der Waals surface area contributed by atoms with Gasteiger partial charge in [-0.2, -0.15) is 0 Å². The molecule has 164 valence electrons. The molecule has 0 radical (unpaired) electrons. The van der Waals surface area contributed by atoms with Crippen molar-refractivity contribution in [3.05, 3.63) is 70.7 Å². The number of ether oxygens (including phenoxy) is 2. The monoisotopic (exact) mass is 431 g/mol. The molecule has 0 unspecified atom stereocenters. The van der Waals surface area contributed by atoms with Crippen LogP contribution in [0.1, 0.15) is 45.1 Å². The summed E-state index contributed by atoms with van der Waals surface area (Å²) in [6.45, 7) is 6.22. The lowest BCUT2D eigenvalue weighted by Gasteiger charge is -2.39. The van der Waals surface area contributed by atoms with Crippen LogP contribution in [0.3, 0.4) is 0 Å². The molecule has 5 rings (SSSR count). The van der Waals surface area contributed by atoms with Gasteiger partial charge in [0.05, 0.1) is 0 Å². The van der Waals surface area contributed by atoms with Gasteiger partial charge in [-0.3, -0.25) is 9.59 Å². The average Bonchev–Trinajstić information content (AvgIpc) is 3.20. The van der Waals surface area contributed by atoms with E-state index in [1.165, 1.54) is 0 Å². The fourth-order valence-corrected chi connectivity index (χ4v) is 4.78. The summed E-state index contributed by atoms with van der Waals surface area (Å²) in [6, 6.07) is 10.9. The molecule has 0 bridgehead atoms. The molecule has 1 atom stereocenters. The Morgan fingerprint density at radius 2 is 1.97 bits per heavy atom. The van der Waals surface area contributed by atoms with Gasteiger partial charge in [-0.1, -0.05) is 26.0 Å². The number of carbonyl (C=O) groups is 2. The first-order valence-electron chi connectivity index (χ1n) is 10.7. The predicted molar refractivity (Wildman–Crippen MR) is 119 cm³/mol. The number of ketones is 1. The van der Waals surface area contributed by atoms with Gasteiger partial charge in [0.15, 0.2) is 17.3 Å². The quantitative estimate of drug-likeness (QED) is 0.762. The Balaban J connectivity index is 1.62. The molecule has 3 aliphatic rings. The van der Waals surface area contributed by atoms with Gasteiger partial charge in [-0.05, 0) is 48.6 Å². The number of hydrogen-bond acceptors (Lipinski definition) is 6. The highest BCUT2D eigenvalue weighted by Gasteiger charge is 2.43. The summed E-state index contributed by atoms with van der Waals surface area (Å²) < 4.78 is 11.0. The Morgan fingerprint density at radius 3 is 2.75 bits per heavy atom. The van der Waals surface area contributed by atoms with E-state index in [0.717, 1.165) is 23.4 Å². The topological polar surface area (TPSA) is 89.6 Å². The number of rotatable bonds is 3. The summed E-state index contributed by atoms with van der Waals surface area (Å²) in [4.78, 5) is 31.0. The highest BCUT2D eigenvalue weighted by atomic mass is 16.7. The standard InChI is InChI=1S/C25H25N3O4/c1-14-21(24(30)28-20-6-4-5-9-26-20)22(15-7-8-18-19(10-15)32-13-31-18)23-16(27-14)11-25(2,3)12-17(23)29/h4-10,22,27H,11-13H2,1-3H3,(H,26,28,30)/t22-/m1/s1. The minimum atomic E-state index is -0.506. The number of amides is 1. The van der Waals surface area contributed by atoms with E-state index in [1.54, 1.807) is 18.3 Å². The molecule has 0 spiro atoms. The highest BCUT2D eigenvalue weighted by molar-refractivity contribution is 6.09. The smallest absolute Gasteiger partial charge is 0.255 e. The number of aromatic nitrogens is 1. The first-order chi connectivity index (χ1) is 15.3. The molecule has 0 saturated heterocycles. The second-order valence-electron chi connectivity index (χ2n) is 9.21. The Bertz CT molecular complexity index is 1180. The van der Waals surface area contributed by atoms with Crippen LogP contribution >= 0.6 is 0 Å². The Morgan fingerprint density at radius 1 is 1.16 bits per heavy atom. The van der Waals surface area contributed by atoms with Gasteiger partial charge < -0.3 is 20.1 Å². The average molecular weight is 431 g/mol. The Labute approximate surface area is 186 Å². The number of dihydropyridines is 1. The number of anilines is 1. The van der Waals surface area contributed by atoms with E-state index in [9.17, 15) is 9.59 Å².